The van der Waals surface area contributed by atoms with E-state index in [0.29, 0.717) is 0 Å². The van der Waals surface area contributed by atoms with E-state index in [1.54, 1.807) is 0 Å². The highest BCUT2D eigenvalue weighted by Gasteiger charge is 2.43. The lowest BCUT2D eigenvalue weighted by Gasteiger charge is -2.25. The van der Waals surface area contributed by atoms with E-state index >= 15 is 0 Å². The van der Waals surface area contributed by atoms with Gasteiger partial charge in [-0.15, -0.1) is 0 Å². The molecule has 6 aromatic carbocycles. The van der Waals surface area contributed by atoms with Gasteiger partial charge in [-0.05, 0) is 120 Å². The van der Waals surface area contributed by atoms with Crippen molar-refractivity contribution in [2.45, 2.75) is 45.4 Å². The molecule has 8 rings (SSSR count). The summed E-state index contributed by atoms with van der Waals surface area (Å²) in [7, 11) is 0. The Kier molecular flexibility index (Phi) is 5.39. The molecule has 0 unspecified atom stereocenters. The van der Waals surface area contributed by atoms with Crippen molar-refractivity contribution in [3.05, 3.63) is 155 Å². The van der Waals surface area contributed by atoms with E-state index in [1.807, 2.05) is 6.08 Å². The monoisotopic (exact) mass is 552 g/mol. The molecule has 0 saturated carbocycles. The van der Waals surface area contributed by atoms with Gasteiger partial charge in [0.15, 0.2) is 0 Å². The highest BCUT2D eigenvalue weighted by molar-refractivity contribution is 6.18. The second kappa shape index (κ2) is 8.91. The zero-order chi connectivity index (χ0) is 29.7. The number of allylic oxidation sites excluding steroid dienone is 2. The van der Waals surface area contributed by atoms with Crippen molar-refractivity contribution in [3.63, 3.8) is 0 Å². The molecular formula is C43H36. The van der Waals surface area contributed by atoms with Crippen LogP contribution in [0.5, 0.6) is 0 Å². The second-order valence-corrected chi connectivity index (χ2v) is 13.5. The molecule has 2 aliphatic carbocycles. The number of aryl methyl sites for hydroxylation is 1. The van der Waals surface area contributed by atoms with Crippen molar-refractivity contribution in [1.29, 1.82) is 0 Å². The van der Waals surface area contributed by atoms with Gasteiger partial charge in [-0.1, -0.05) is 125 Å². The topological polar surface area (TPSA) is 0 Å². The molecule has 0 saturated heterocycles. The van der Waals surface area contributed by atoms with Gasteiger partial charge in [-0.25, -0.2) is 0 Å². The smallest absolute Gasteiger partial charge is 0.0165 e. The van der Waals surface area contributed by atoms with Crippen molar-refractivity contribution in [2.75, 3.05) is 0 Å². The van der Waals surface area contributed by atoms with Crippen molar-refractivity contribution in [3.8, 4) is 22.3 Å². The summed E-state index contributed by atoms with van der Waals surface area (Å²) >= 11 is 0. The van der Waals surface area contributed by atoms with Gasteiger partial charge in [0, 0.05) is 10.8 Å². The van der Waals surface area contributed by atoms with Gasteiger partial charge in [0.25, 0.3) is 0 Å². The van der Waals surface area contributed by atoms with Crippen molar-refractivity contribution >= 4 is 33.2 Å². The van der Waals surface area contributed by atoms with Crippen LogP contribution in [-0.2, 0) is 10.8 Å². The van der Waals surface area contributed by atoms with Crippen LogP contribution in [0.25, 0.3) is 55.4 Å². The fraction of sp³-hybridized carbons (Fsp3) is 0.163. The van der Waals surface area contributed by atoms with Gasteiger partial charge in [0.2, 0.25) is 0 Å². The fourth-order valence-electron chi connectivity index (χ4n) is 8.07. The zero-order valence-corrected chi connectivity index (χ0v) is 25.7. The predicted molar refractivity (Wildman–Crippen MR) is 186 cm³/mol. The second-order valence-electron chi connectivity index (χ2n) is 13.5. The third-order valence-electron chi connectivity index (χ3n) is 10.4. The molecule has 6 aromatic rings. The van der Waals surface area contributed by atoms with Crippen molar-refractivity contribution < 1.29 is 0 Å². The largest absolute Gasteiger partial charge is 0.0984 e. The van der Waals surface area contributed by atoms with Crippen LogP contribution >= 0.6 is 0 Å². The number of rotatable bonds is 3. The van der Waals surface area contributed by atoms with Gasteiger partial charge >= 0.3 is 0 Å². The maximum absolute atomic E-state index is 4.19. The van der Waals surface area contributed by atoms with E-state index in [2.05, 4.69) is 150 Å². The Bertz CT molecular complexity index is 2200. The van der Waals surface area contributed by atoms with Gasteiger partial charge < -0.3 is 0 Å². The molecule has 0 fully saturated rings. The molecule has 0 heteroatoms. The first-order valence-corrected chi connectivity index (χ1v) is 15.4. The highest BCUT2D eigenvalue weighted by atomic mass is 14.5. The first-order chi connectivity index (χ1) is 20.7. The molecule has 0 bridgehead atoms. The molecule has 0 radical (unpaired) electrons. The molecular weight excluding hydrogens is 516 g/mol. The quantitative estimate of drug-likeness (QED) is 0.116. The SMILES string of the molecule is C=C/C(=C\c1ccccc1C)c1ccc2c(c1)C(C)(C)c1cc3c(cc1-2)C(C)(C)c1c-3c2ccccc2c2ccccc12. The Morgan fingerprint density at radius 2 is 1.16 bits per heavy atom. The predicted octanol–water partition coefficient (Wildman–Crippen LogP) is 11.6. The Labute approximate surface area is 255 Å². The third kappa shape index (κ3) is 3.50. The Hall–Kier alpha value is -4.68. The molecule has 2 aliphatic rings. The van der Waals surface area contributed by atoms with E-state index in [0.717, 1.165) is 5.57 Å². The summed E-state index contributed by atoms with van der Waals surface area (Å²) in [4.78, 5) is 0. The first-order valence-electron chi connectivity index (χ1n) is 15.4. The number of hydrogen-bond donors (Lipinski definition) is 0. The summed E-state index contributed by atoms with van der Waals surface area (Å²) in [5.74, 6) is 0. The van der Waals surface area contributed by atoms with Gasteiger partial charge in [0.05, 0.1) is 0 Å². The van der Waals surface area contributed by atoms with E-state index in [9.17, 15) is 0 Å². The minimum absolute atomic E-state index is 0.109. The Morgan fingerprint density at radius 3 is 1.88 bits per heavy atom. The Morgan fingerprint density at radius 1 is 0.581 bits per heavy atom. The minimum atomic E-state index is -0.121. The molecule has 0 amide bonds. The molecule has 0 aliphatic heterocycles. The summed E-state index contributed by atoms with van der Waals surface area (Å²) in [6.45, 7) is 16.0. The van der Waals surface area contributed by atoms with Crippen LogP contribution in [0.2, 0.25) is 0 Å². The fourth-order valence-corrected chi connectivity index (χ4v) is 8.07. The first kappa shape index (κ1) is 26.0. The molecule has 0 atom stereocenters. The number of fused-ring (bicyclic) bond motifs is 11. The zero-order valence-electron chi connectivity index (χ0n) is 25.7. The maximum Gasteiger partial charge on any atom is 0.0165 e. The van der Waals surface area contributed by atoms with Crippen LogP contribution in [0, 0.1) is 6.92 Å². The lowest BCUT2D eigenvalue weighted by Crippen LogP contribution is -2.17. The molecule has 208 valence electrons. The van der Waals surface area contributed by atoms with Crippen LogP contribution in [0.15, 0.2) is 116 Å². The summed E-state index contributed by atoms with van der Waals surface area (Å²) in [6.07, 6.45) is 4.26. The molecule has 0 aromatic heterocycles. The molecule has 43 heavy (non-hydrogen) atoms. The van der Waals surface area contributed by atoms with Crippen molar-refractivity contribution in [1.82, 2.24) is 0 Å². The normalized spacial score (nSPS) is 15.7. The van der Waals surface area contributed by atoms with E-state index in [1.165, 1.54) is 82.7 Å². The average Bonchev–Trinajstić information content (AvgIpc) is 3.39. The third-order valence-corrected chi connectivity index (χ3v) is 10.4. The number of benzene rings is 6. The van der Waals surface area contributed by atoms with Crippen LogP contribution in [0.1, 0.15) is 66.6 Å². The van der Waals surface area contributed by atoms with Gasteiger partial charge in [0.1, 0.15) is 0 Å². The lowest BCUT2D eigenvalue weighted by atomic mass is 9.78. The summed E-state index contributed by atoms with van der Waals surface area (Å²) in [5, 5.41) is 5.42. The van der Waals surface area contributed by atoms with Gasteiger partial charge in [-0.3, -0.25) is 0 Å². The standard InChI is InChI=1S/C43H36/c1-7-27(22-28-15-9-8-14-26(28)2)29-20-21-32-35-24-39-36(25-38(35)42(3,4)37(32)23-29)40-33-18-12-10-16-30(33)31-17-11-13-19-34(31)41(40)43(39,5)6/h7-25H,1H2,2-6H3/b27-22+. The van der Waals surface area contributed by atoms with E-state index in [4.69, 9.17) is 0 Å². The molecule has 0 N–H and O–H groups in total. The highest BCUT2D eigenvalue weighted by Crippen LogP contribution is 2.59. The average molecular weight is 553 g/mol. The summed E-state index contributed by atoms with van der Waals surface area (Å²) in [5.41, 5.74) is 15.9. The van der Waals surface area contributed by atoms with Crippen molar-refractivity contribution in [2.24, 2.45) is 0 Å². The number of hydrogen-bond acceptors (Lipinski definition) is 0. The molecule has 0 heterocycles. The van der Waals surface area contributed by atoms with Gasteiger partial charge in [-0.2, -0.15) is 0 Å². The van der Waals surface area contributed by atoms with Crippen LogP contribution in [0.4, 0.5) is 0 Å². The van der Waals surface area contributed by atoms with Crippen LogP contribution < -0.4 is 0 Å². The summed E-state index contributed by atoms with van der Waals surface area (Å²) < 4.78 is 0. The minimum Gasteiger partial charge on any atom is -0.0984 e. The lowest BCUT2D eigenvalue weighted by molar-refractivity contribution is 0.654. The van der Waals surface area contributed by atoms with Crippen LogP contribution in [-0.4, -0.2) is 0 Å². The van der Waals surface area contributed by atoms with Crippen LogP contribution in [0.3, 0.4) is 0 Å². The van der Waals surface area contributed by atoms with E-state index < -0.39 is 0 Å². The summed E-state index contributed by atoms with van der Waals surface area (Å²) in [6, 6.07) is 38.6. The maximum atomic E-state index is 4.19. The Balaban J connectivity index is 1.35. The molecule has 0 nitrogen and oxygen atoms in total. The van der Waals surface area contributed by atoms with E-state index in [-0.39, 0.29) is 10.8 Å². The molecule has 0 spiro atoms.